The summed E-state index contributed by atoms with van der Waals surface area (Å²) in [6.07, 6.45) is 0. The summed E-state index contributed by atoms with van der Waals surface area (Å²) in [7, 11) is 0. The summed E-state index contributed by atoms with van der Waals surface area (Å²) in [5.74, 6) is 0. The van der Waals surface area contributed by atoms with Gasteiger partial charge in [-0.1, -0.05) is 153 Å². The minimum atomic E-state index is -0.266. The predicted octanol–water partition coefficient (Wildman–Crippen LogP) is 13.8. The van der Waals surface area contributed by atoms with Crippen molar-refractivity contribution in [3.05, 3.63) is 169 Å². The Kier molecular flexibility index (Phi) is 5.51. The Bertz CT molecular complexity index is 3010. The van der Waals surface area contributed by atoms with Crippen LogP contribution in [0.4, 0.5) is 0 Å². The average molecular weight is 637 g/mol. The lowest BCUT2D eigenvalue weighted by molar-refractivity contribution is 0.610. The Hall–Kier alpha value is -6.18. The van der Waals surface area contributed by atoms with Gasteiger partial charge in [0.1, 0.15) is 11.2 Å². The number of furan rings is 1. The molecule has 50 heavy (non-hydrogen) atoms. The summed E-state index contributed by atoms with van der Waals surface area (Å²) in [4.78, 5) is 0. The average Bonchev–Trinajstić information content (AvgIpc) is 3.54. The zero-order valence-electron chi connectivity index (χ0n) is 27.9. The SMILES string of the molecule is CC1(C)c2c(ccc3c2oc2ccccc23)-c2ccc(-c3c4ccccc4c(-c4ccc5ccccc5c4)c4ccccc34)c3cccc1c23. The van der Waals surface area contributed by atoms with Crippen LogP contribution < -0.4 is 0 Å². The van der Waals surface area contributed by atoms with E-state index in [4.69, 9.17) is 4.42 Å². The van der Waals surface area contributed by atoms with Crippen LogP contribution in [0.3, 0.4) is 0 Å². The zero-order chi connectivity index (χ0) is 33.1. The molecule has 234 valence electrons. The molecular formula is C49H32O. The van der Waals surface area contributed by atoms with Crippen LogP contribution in [-0.2, 0) is 5.41 Å². The highest BCUT2D eigenvalue weighted by atomic mass is 16.3. The van der Waals surface area contributed by atoms with Gasteiger partial charge in [0.2, 0.25) is 0 Å². The first-order valence-corrected chi connectivity index (χ1v) is 17.5. The quantitative estimate of drug-likeness (QED) is 0.172. The molecule has 10 aromatic rings. The van der Waals surface area contributed by atoms with E-state index in [1.54, 1.807) is 0 Å². The maximum Gasteiger partial charge on any atom is 0.140 e. The number of hydrogen-bond acceptors (Lipinski definition) is 1. The summed E-state index contributed by atoms with van der Waals surface area (Å²) in [5.41, 5.74) is 11.9. The van der Waals surface area contributed by atoms with Crippen LogP contribution in [0.1, 0.15) is 25.0 Å². The minimum absolute atomic E-state index is 0.266. The molecule has 11 rings (SSSR count). The third kappa shape index (κ3) is 3.62. The molecule has 1 nitrogen and oxygen atoms in total. The molecule has 1 heterocycles. The summed E-state index contributed by atoms with van der Waals surface area (Å²) < 4.78 is 6.66. The molecule has 0 aliphatic heterocycles. The number of fused-ring (bicyclic) bond motifs is 9. The van der Waals surface area contributed by atoms with E-state index in [0.717, 1.165) is 11.2 Å². The standard InChI is InChI=1S/C49H32O/c1-49(2)42-20-11-19-37-38(24-25-39(46(37)42)40-26-27-41-32-14-9-10-21-43(32)50-48(41)47(40)49)45-35-17-7-5-15-33(35)44(34-16-6-8-18-36(34)45)31-23-22-29-12-3-4-13-30(29)28-31/h3-28H,1-2H3. The van der Waals surface area contributed by atoms with Crippen molar-refractivity contribution < 1.29 is 4.42 Å². The van der Waals surface area contributed by atoms with E-state index in [-0.39, 0.29) is 5.41 Å². The van der Waals surface area contributed by atoms with Gasteiger partial charge < -0.3 is 4.42 Å². The van der Waals surface area contributed by atoms with Crippen LogP contribution in [0.2, 0.25) is 0 Å². The van der Waals surface area contributed by atoms with Crippen molar-refractivity contribution in [1.29, 1.82) is 0 Å². The minimum Gasteiger partial charge on any atom is -0.456 e. The second kappa shape index (κ2) is 9.94. The molecule has 0 spiro atoms. The molecule has 0 amide bonds. The van der Waals surface area contributed by atoms with E-state index < -0.39 is 0 Å². The molecule has 0 saturated heterocycles. The van der Waals surface area contributed by atoms with E-state index in [1.165, 1.54) is 98.4 Å². The second-order valence-electron chi connectivity index (χ2n) is 14.4. The normalized spacial score (nSPS) is 13.6. The summed E-state index contributed by atoms with van der Waals surface area (Å²) in [6, 6.07) is 58.2. The number of benzene rings is 9. The van der Waals surface area contributed by atoms with Gasteiger partial charge in [-0.15, -0.1) is 0 Å². The topological polar surface area (TPSA) is 13.1 Å². The van der Waals surface area contributed by atoms with Crippen molar-refractivity contribution >= 4 is 65.0 Å². The molecule has 0 unspecified atom stereocenters. The molecule has 0 radical (unpaired) electrons. The van der Waals surface area contributed by atoms with E-state index in [1.807, 2.05) is 0 Å². The summed E-state index contributed by atoms with van der Waals surface area (Å²) >= 11 is 0. The van der Waals surface area contributed by atoms with Crippen molar-refractivity contribution in [2.45, 2.75) is 19.3 Å². The van der Waals surface area contributed by atoms with E-state index in [9.17, 15) is 0 Å². The van der Waals surface area contributed by atoms with Gasteiger partial charge in [0.05, 0.1) is 0 Å². The van der Waals surface area contributed by atoms with Gasteiger partial charge in [-0.3, -0.25) is 0 Å². The highest BCUT2D eigenvalue weighted by Crippen LogP contribution is 2.54. The summed E-state index contributed by atoms with van der Waals surface area (Å²) in [5, 5.41) is 12.6. The molecule has 0 fully saturated rings. The molecule has 1 aliphatic carbocycles. The lowest BCUT2D eigenvalue weighted by atomic mass is 9.67. The van der Waals surface area contributed by atoms with Crippen LogP contribution in [0.25, 0.3) is 98.4 Å². The number of para-hydroxylation sites is 1. The van der Waals surface area contributed by atoms with Crippen molar-refractivity contribution in [2.75, 3.05) is 0 Å². The van der Waals surface area contributed by atoms with Gasteiger partial charge in [-0.2, -0.15) is 0 Å². The Balaban J connectivity index is 1.23. The van der Waals surface area contributed by atoms with Gasteiger partial charge >= 0.3 is 0 Å². The maximum absolute atomic E-state index is 6.66. The van der Waals surface area contributed by atoms with Crippen LogP contribution in [0, 0.1) is 0 Å². The van der Waals surface area contributed by atoms with Gasteiger partial charge in [-0.05, 0) is 100 Å². The van der Waals surface area contributed by atoms with E-state index >= 15 is 0 Å². The molecule has 0 saturated carbocycles. The first-order chi connectivity index (χ1) is 24.6. The van der Waals surface area contributed by atoms with Crippen LogP contribution in [0.15, 0.2) is 162 Å². The first-order valence-electron chi connectivity index (χ1n) is 17.5. The Morgan fingerprint density at radius 2 is 1.02 bits per heavy atom. The van der Waals surface area contributed by atoms with Crippen LogP contribution in [0.5, 0.6) is 0 Å². The van der Waals surface area contributed by atoms with Gasteiger partial charge in [0.15, 0.2) is 0 Å². The fourth-order valence-corrected chi connectivity index (χ4v) is 9.21. The molecular weight excluding hydrogens is 605 g/mol. The lowest BCUT2D eigenvalue weighted by Gasteiger charge is -2.35. The van der Waals surface area contributed by atoms with Crippen molar-refractivity contribution in [3.63, 3.8) is 0 Å². The third-order valence-corrected chi connectivity index (χ3v) is 11.4. The molecule has 0 bridgehead atoms. The fraction of sp³-hybridized carbons (Fsp3) is 0.0612. The molecule has 9 aromatic carbocycles. The second-order valence-corrected chi connectivity index (χ2v) is 14.4. The van der Waals surface area contributed by atoms with E-state index in [2.05, 4.69) is 172 Å². The smallest absolute Gasteiger partial charge is 0.140 e. The Morgan fingerprint density at radius 3 is 1.78 bits per heavy atom. The molecule has 0 atom stereocenters. The fourth-order valence-electron chi connectivity index (χ4n) is 9.21. The predicted molar refractivity (Wildman–Crippen MR) is 212 cm³/mol. The lowest BCUT2D eigenvalue weighted by Crippen LogP contribution is -2.24. The Labute approximate surface area is 290 Å². The molecule has 0 N–H and O–H groups in total. The van der Waals surface area contributed by atoms with Crippen LogP contribution in [-0.4, -0.2) is 0 Å². The van der Waals surface area contributed by atoms with Crippen molar-refractivity contribution in [2.24, 2.45) is 0 Å². The first kappa shape index (κ1) is 27.7. The van der Waals surface area contributed by atoms with Crippen molar-refractivity contribution in [1.82, 2.24) is 0 Å². The van der Waals surface area contributed by atoms with Gasteiger partial charge in [0, 0.05) is 21.8 Å². The largest absolute Gasteiger partial charge is 0.456 e. The summed E-state index contributed by atoms with van der Waals surface area (Å²) in [6.45, 7) is 4.73. The number of rotatable bonds is 2. The Morgan fingerprint density at radius 1 is 0.420 bits per heavy atom. The molecule has 1 aromatic heterocycles. The van der Waals surface area contributed by atoms with Gasteiger partial charge in [0.25, 0.3) is 0 Å². The zero-order valence-corrected chi connectivity index (χ0v) is 27.9. The van der Waals surface area contributed by atoms with E-state index in [0.29, 0.717) is 0 Å². The molecule has 1 aliphatic rings. The highest BCUT2D eigenvalue weighted by molar-refractivity contribution is 6.25. The highest BCUT2D eigenvalue weighted by Gasteiger charge is 2.37. The number of hydrogen-bond donors (Lipinski definition) is 0. The monoisotopic (exact) mass is 636 g/mol. The molecule has 1 heteroatoms. The third-order valence-electron chi connectivity index (χ3n) is 11.4. The van der Waals surface area contributed by atoms with Crippen LogP contribution >= 0.6 is 0 Å². The maximum atomic E-state index is 6.66. The van der Waals surface area contributed by atoms with Gasteiger partial charge in [-0.25, -0.2) is 0 Å². The van der Waals surface area contributed by atoms with Crippen molar-refractivity contribution in [3.8, 4) is 33.4 Å².